The number of amides is 2. The zero-order chi connectivity index (χ0) is 18.1. The fraction of sp³-hybridized carbons (Fsp3) is 0.238. The normalized spacial score (nSPS) is 13.3. The fourth-order valence-corrected chi connectivity index (χ4v) is 3.63. The Hall–Kier alpha value is -3.08. The van der Waals surface area contributed by atoms with Gasteiger partial charge in [-0.15, -0.1) is 0 Å². The second-order valence-corrected chi connectivity index (χ2v) is 6.66. The van der Waals surface area contributed by atoms with Gasteiger partial charge in [-0.2, -0.15) is 0 Å². The Kier molecular flexibility index (Phi) is 4.21. The number of fused-ring (bicyclic) bond motifs is 3. The van der Waals surface area contributed by atoms with E-state index in [1.165, 1.54) is 24.1 Å². The van der Waals surface area contributed by atoms with Gasteiger partial charge in [0.25, 0.3) is 11.8 Å². The number of aromatic nitrogens is 1. The molecule has 1 aliphatic rings. The molecule has 5 heteroatoms. The van der Waals surface area contributed by atoms with Gasteiger partial charge in [-0.1, -0.05) is 6.07 Å². The molecule has 0 atom stereocenters. The van der Waals surface area contributed by atoms with Gasteiger partial charge in [0, 0.05) is 40.5 Å². The van der Waals surface area contributed by atoms with Crippen molar-refractivity contribution in [3.63, 3.8) is 0 Å². The Morgan fingerprint density at radius 2 is 1.77 bits per heavy atom. The van der Waals surface area contributed by atoms with E-state index < -0.39 is 0 Å². The summed E-state index contributed by atoms with van der Waals surface area (Å²) in [5.74, 6) is -0.354. The number of rotatable bonds is 3. The van der Waals surface area contributed by atoms with Crippen LogP contribution in [-0.4, -0.2) is 23.8 Å². The quantitative estimate of drug-likeness (QED) is 0.676. The zero-order valence-electron chi connectivity index (χ0n) is 14.7. The van der Waals surface area contributed by atoms with Crippen LogP contribution in [0.25, 0.3) is 10.9 Å². The first-order valence-corrected chi connectivity index (χ1v) is 8.92. The summed E-state index contributed by atoms with van der Waals surface area (Å²) in [7, 11) is 1.58. The summed E-state index contributed by atoms with van der Waals surface area (Å²) in [6.07, 6.45) is 4.56. The van der Waals surface area contributed by atoms with Crippen molar-refractivity contribution in [2.75, 3.05) is 12.4 Å². The Bertz CT molecular complexity index is 1000. The molecule has 0 unspecified atom stereocenters. The van der Waals surface area contributed by atoms with E-state index in [1.54, 1.807) is 31.3 Å². The Morgan fingerprint density at radius 3 is 2.62 bits per heavy atom. The standard InChI is InChI=1S/C21H21N3O2/c1-22-20(25)13-5-4-6-15(11-13)23-21(26)14-9-10-19-17(12-14)16-7-2-3-8-18(16)24-19/h4-6,9-12,24H,2-3,7-8H2,1H3,(H,22,25)(H,23,26). The number of aryl methyl sites for hydroxylation is 2. The third kappa shape index (κ3) is 2.96. The van der Waals surface area contributed by atoms with Crippen LogP contribution in [0.2, 0.25) is 0 Å². The van der Waals surface area contributed by atoms with Gasteiger partial charge < -0.3 is 15.6 Å². The van der Waals surface area contributed by atoms with Crippen LogP contribution in [0.4, 0.5) is 5.69 Å². The number of aromatic amines is 1. The van der Waals surface area contributed by atoms with Gasteiger partial charge in [0.15, 0.2) is 0 Å². The molecule has 3 N–H and O–H groups in total. The molecule has 0 spiro atoms. The average molecular weight is 347 g/mol. The van der Waals surface area contributed by atoms with Gasteiger partial charge in [-0.3, -0.25) is 9.59 Å². The topological polar surface area (TPSA) is 74.0 Å². The number of nitrogens with one attached hydrogen (secondary N) is 3. The molecular formula is C21H21N3O2. The van der Waals surface area contributed by atoms with E-state index in [1.807, 2.05) is 18.2 Å². The lowest BCUT2D eigenvalue weighted by molar-refractivity contribution is 0.0961. The maximum Gasteiger partial charge on any atom is 0.255 e. The summed E-state index contributed by atoms with van der Waals surface area (Å²) in [4.78, 5) is 27.9. The largest absolute Gasteiger partial charge is 0.358 e. The first-order valence-electron chi connectivity index (χ1n) is 8.92. The highest BCUT2D eigenvalue weighted by atomic mass is 16.2. The first kappa shape index (κ1) is 16.4. The monoisotopic (exact) mass is 347 g/mol. The second kappa shape index (κ2) is 6.67. The van der Waals surface area contributed by atoms with Crippen LogP contribution in [-0.2, 0) is 12.8 Å². The molecule has 26 heavy (non-hydrogen) atoms. The number of anilines is 1. The van der Waals surface area contributed by atoms with Crippen molar-refractivity contribution in [2.24, 2.45) is 0 Å². The zero-order valence-corrected chi connectivity index (χ0v) is 14.7. The van der Waals surface area contributed by atoms with Crippen molar-refractivity contribution in [3.8, 4) is 0 Å². The van der Waals surface area contributed by atoms with Crippen LogP contribution in [0.1, 0.15) is 44.8 Å². The molecule has 2 amide bonds. The molecule has 1 aromatic heterocycles. The van der Waals surface area contributed by atoms with Crippen LogP contribution in [0.3, 0.4) is 0 Å². The molecule has 5 nitrogen and oxygen atoms in total. The number of hydrogen-bond acceptors (Lipinski definition) is 2. The Balaban J connectivity index is 1.61. The minimum atomic E-state index is -0.179. The van der Waals surface area contributed by atoms with E-state index in [9.17, 15) is 9.59 Å². The Morgan fingerprint density at radius 1 is 0.962 bits per heavy atom. The highest BCUT2D eigenvalue weighted by Crippen LogP contribution is 2.29. The molecule has 0 radical (unpaired) electrons. The van der Waals surface area contributed by atoms with Crippen LogP contribution in [0.5, 0.6) is 0 Å². The molecule has 0 saturated carbocycles. The highest BCUT2D eigenvalue weighted by molar-refractivity contribution is 6.07. The average Bonchev–Trinajstić information content (AvgIpc) is 3.05. The predicted molar refractivity (Wildman–Crippen MR) is 103 cm³/mol. The summed E-state index contributed by atoms with van der Waals surface area (Å²) in [5, 5.41) is 6.61. The van der Waals surface area contributed by atoms with E-state index in [4.69, 9.17) is 0 Å². The molecule has 2 aromatic carbocycles. The van der Waals surface area contributed by atoms with Crippen molar-refractivity contribution in [1.29, 1.82) is 0 Å². The number of carbonyl (C=O) groups excluding carboxylic acids is 2. The van der Waals surface area contributed by atoms with Crippen molar-refractivity contribution < 1.29 is 9.59 Å². The summed E-state index contributed by atoms with van der Waals surface area (Å²) in [6, 6.07) is 12.7. The molecule has 0 bridgehead atoms. The first-order chi connectivity index (χ1) is 12.7. The summed E-state index contributed by atoms with van der Waals surface area (Å²) in [6.45, 7) is 0. The van der Waals surface area contributed by atoms with Crippen LogP contribution in [0.15, 0.2) is 42.5 Å². The lowest BCUT2D eigenvalue weighted by Crippen LogP contribution is -2.18. The van der Waals surface area contributed by atoms with E-state index in [0.717, 1.165) is 23.7 Å². The van der Waals surface area contributed by atoms with E-state index >= 15 is 0 Å². The van der Waals surface area contributed by atoms with Gasteiger partial charge in [-0.05, 0) is 67.6 Å². The lowest BCUT2D eigenvalue weighted by Gasteiger charge is -2.11. The molecule has 0 aliphatic heterocycles. The summed E-state index contributed by atoms with van der Waals surface area (Å²) in [5.41, 5.74) is 5.49. The van der Waals surface area contributed by atoms with Gasteiger partial charge in [0.2, 0.25) is 0 Å². The van der Waals surface area contributed by atoms with E-state index in [-0.39, 0.29) is 11.8 Å². The van der Waals surface area contributed by atoms with Gasteiger partial charge >= 0.3 is 0 Å². The van der Waals surface area contributed by atoms with Gasteiger partial charge in [0.1, 0.15) is 0 Å². The van der Waals surface area contributed by atoms with Gasteiger partial charge in [-0.25, -0.2) is 0 Å². The number of H-pyrrole nitrogens is 1. The molecule has 0 saturated heterocycles. The molecule has 0 fully saturated rings. The van der Waals surface area contributed by atoms with Crippen LogP contribution >= 0.6 is 0 Å². The van der Waals surface area contributed by atoms with E-state index in [0.29, 0.717) is 16.8 Å². The molecule has 1 heterocycles. The number of benzene rings is 2. The second-order valence-electron chi connectivity index (χ2n) is 6.66. The van der Waals surface area contributed by atoms with Crippen molar-refractivity contribution >= 4 is 28.4 Å². The third-order valence-corrected chi connectivity index (χ3v) is 4.97. The Labute approximate surface area is 151 Å². The third-order valence-electron chi connectivity index (χ3n) is 4.97. The molecule has 132 valence electrons. The van der Waals surface area contributed by atoms with Gasteiger partial charge in [0.05, 0.1) is 0 Å². The van der Waals surface area contributed by atoms with Crippen LogP contribution in [0, 0.1) is 0 Å². The lowest BCUT2D eigenvalue weighted by atomic mass is 9.95. The minimum Gasteiger partial charge on any atom is -0.358 e. The summed E-state index contributed by atoms with van der Waals surface area (Å²) < 4.78 is 0. The van der Waals surface area contributed by atoms with Crippen molar-refractivity contribution in [2.45, 2.75) is 25.7 Å². The van der Waals surface area contributed by atoms with Crippen molar-refractivity contribution in [3.05, 3.63) is 64.8 Å². The maximum absolute atomic E-state index is 12.7. The smallest absolute Gasteiger partial charge is 0.255 e. The van der Waals surface area contributed by atoms with Crippen molar-refractivity contribution in [1.82, 2.24) is 10.3 Å². The minimum absolute atomic E-state index is 0.174. The highest BCUT2D eigenvalue weighted by Gasteiger charge is 2.17. The predicted octanol–water partition coefficient (Wildman–Crippen LogP) is 3.66. The van der Waals surface area contributed by atoms with Crippen LogP contribution < -0.4 is 10.6 Å². The summed E-state index contributed by atoms with van der Waals surface area (Å²) >= 11 is 0. The van der Waals surface area contributed by atoms with E-state index in [2.05, 4.69) is 15.6 Å². The maximum atomic E-state index is 12.7. The molecule has 4 rings (SSSR count). The molecule has 3 aromatic rings. The number of hydrogen-bond donors (Lipinski definition) is 3. The SMILES string of the molecule is CNC(=O)c1cccc(NC(=O)c2ccc3[nH]c4c(c3c2)CCCC4)c1. The molecule has 1 aliphatic carbocycles. The fourth-order valence-electron chi connectivity index (χ4n) is 3.63. The number of carbonyl (C=O) groups is 2. The molecular weight excluding hydrogens is 326 g/mol.